The number of carboxylic acid groups (broad SMARTS) is 1. The molecule has 0 radical (unpaired) electrons. The maximum Gasteiger partial charge on any atom is 0.419 e. The molecule has 2 nitrogen and oxygen atoms in total. The van der Waals surface area contributed by atoms with Gasteiger partial charge in [-0.15, -0.1) is 0 Å². The number of carbonyl (C=O) groups is 1. The van der Waals surface area contributed by atoms with E-state index in [1.807, 2.05) is 0 Å². The van der Waals surface area contributed by atoms with Gasteiger partial charge in [0.2, 0.25) is 0 Å². The van der Waals surface area contributed by atoms with Crippen molar-refractivity contribution in [2.75, 3.05) is 0 Å². The normalized spacial score (nSPS) is 26.9. The summed E-state index contributed by atoms with van der Waals surface area (Å²) in [6.07, 6.45) is -4.48. The molecule has 0 aromatic carbocycles. The minimum Gasteiger partial charge on any atom is -0.481 e. The maximum absolute atomic E-state index is 13.1. The van der Waals surface area contributed by atoms with E-state index >= 15 is 0 Å². The van der Waals surface area contributed by atoms with Gasteiger partial charge < -0.3 is 5.11 Å². The quantitative estimate of drug-likeness (QED) is 0.768. The summed E-state index contributed by atoms with van der Waals surface area (Å²) >= 11 is 0. The first-order chi connectivity index (χ1) is 8.30. The highest BCUT2D eigenvalue weighted by atomic mass is 19.4. The second-order valence-electron chi connectivity index (χ2n) is 5.01. The summed E-state index contributed by atoms with van der Waals surface area (Å²) in [6, 6.07) is 0. The maximum atomic E-state index is 13.1. The van der Waals surface area contributed by atoms with Gasteiger partial charge in [-0.05, 0) is 37.5 Å². The summed E-state index contributed by atoms with van der Waals surface area (Å²) in [5, 5.41) is 8.47. The molecule has 0 heterocycles. The Labute approximate surface area is 103 Å². The van der Waals surface area contributed by atoms with Gasteiger partial charge in [0.25, 0.3) is 0 Å². The third-order valence-electron chi connectivity index (χ3n) is 3.62. The zero-order valence-corrected chi connectivity index (χ0v) is 10.0. The average molecular weight is 270 g/mol. The molecule has 0 amide bonds. The van der Waals surface area contributed by atoms with Crippen LogP contribution in [-0.4, -0.2) is 23.4 Å². The molecule has 0 aromatic rings. The second-order valence-corrected chi connectivity index (χ2v) is 5.01. The minimum atomic E-state index is -4.75. The number of carboxylic acids is 1. The van der Waals surface area contributed by atoms with Crippen molar-refractivity contribution in [1.82, 2.24) is 0 Å². The lowest BCUT2D eigenvalue weighted by Crippen LogP contribution is -2.34. The number of rotatable bonds is 5. The SMILES string of the molecule is O=C(O)CCCC1CCC(C(F)C(F)(F)F)CC1. The van der Waals surface area contributed by atoms with Gasteiger partial charge in [-0.2, -0.15) is 13.2 Å². The van der Waals surface area contributed by atoms with E-state index in [2.05, 4.69) is 0 Å². The lowest BCUT2D eigenvalue weighted by Gasteiger charge is -2.31. The van der Waals surface area contributed by atoms with E-state index in [1.54, 1.807) is 0 Å². The summed E-state index contributed by atoms with van der Waals surface area (Å²) in [5.41, 5.74) is 0. The van der Waals surface area contributed by atoms with Crippen LogP contribution in [0.4, 0.5) is 17.6 Å². The molecule has 1 N–H and O–H groups in total. The lowest BCUT2D eigenvalue weighted by atomic mass is 9.78. The smallest absolute Gasteiger partial charge is 0.419 e. The number of hydrogen-bond donors (Lipinski definition) is 1. The fourth-order valence-electron chi connectivity index (χ4n) is 2.58. The Morgan fingerprint density at radius 3 is 2.22 bits per heavy atom. The van der Waals surface area contributed by atoms with Crippen molar-refractivity contribution >= 4 is 5.97 Å². The van der Waals surface area contributed by atoms with Crippen LogP contribution >= 0.6 is 0 Å². The molecule has 0 saturated heterocycles. The fourth-order valence-corrected chi connectivity index (χ4v) is 2.58. The van der Waals surface area contributed by atoms with Gasteiger partial charge in [-0.1, -0.05) is 12.8 Å². The Morgan fingerprint density at radius 1 is 1.22 bits per heavy atom. The molecule has 1 atom stereocenters. The first-order valence-electron chi connectivity index (χ1n) is 6.23. The molecule has 0 aliphatic heterocycles. The molecule has 1 aliphatic carbocycles. The highest BCUT2D eigenvalue weighted by Gasteiger charge is 2.45. The molecular formula is C12H18F4O2. The van der Waals surface area contributed by atoms with Crippen molar-refractivity contribution in [3.05, 3.63) is 0 Å². The molecule has 0 aromatic heterocycles. The first-order valence-corrected chi connectivity index (χ1v) is 6.23. The van der Waals surface area contributed by atoms with Crippen molar-refractivity contribution in [2.45, 2.75) is 57.3 Å². The summed E-state index contributed by atoms with van der Waals surface area (Å²) in [7, 11) is 0. The van der Waals surface area contributed by atoms with E-state index in [0.29, 0.717) is 25.7 Å². The van der Waals surface area contributed by atoms with Crippen molar-refractivity contribution in [1.29, 1.82) is 0 Å². The van der Waals surface area contributed by atoms with E-state index in [4.69, 9.17) is 5.11 Å². The Balaban J connectivity index is 2.26. The van der Waals surface area contributed by atoms with E-state index in [9.17, 15) is 22.4 Å². The average Bonchev–Trinajstić information content (AvgIpc) is 2.27. The predicted octanol–water partition coefficient (Wildman–Crippen LogP) is 3.95. The predicted molar refractivity (Wildman–Crippen MR) is 57.9 cm³/mol. The zero-order chi connectivity index (χ0) is 13.8. The topological polar surface area (TPSA) is 37.3 Å². The van der Waals surface area contributed by atoms with Gasteiger partial charge in [-0.3, -0.25) is 4.79 Å². The Bertz CT molecular complexity index is 270. The van der Waals surface area contributed by atoms with E-state index < -0.39 is 24.2 Å². The van der Waals surface area contributed by atoms with Crippen LogP contribution in [-0.2, 0) is 4.79 Å². The summed E-state index contributed by atoms with van der Waals surface area (Å²) < 4.78 is 49.6. The van der Waals surface area contributed by atoms with Crippen molar-refractivity contribution in [2.24, 2.45) is 11.8 Å². The third kappa shape index (κ3) is 4.82. The van der Waals surface area contributed by atoms with Gasteiger partial charge in [0.15, 0.2) is 6.17 Å². The van der Waals surface area contributed by atoms with Crippen molar-refractivity contribution < 1.29 is 27.5 Å². The van der Waals surface area contributed by atoms with Gasteiger partial charge in [0.05, 0.1) is 0 Å². The number of alkyl halides is 4. The van der Waals surface area contributed by atoms with Crippen molar-refractivity contribution in [3.8, 4) is 0 Å². The minimum absolute atomic E-state index is 0.0915. The van der Waals surface area contributed by atoms with Crippen LogP contribution in [0.25, 0.3) is 0 Å². The molecule has 1 unspecified atom stereocenters. The molecule has 106 valence electrons. The van der Waals surface area contributed by atoms with E-state index in [-0.39, 0.29) is 25.2 Å². The molecule has 6 heteroatoms. The molecule has 1 aliphatic rings. The molecule has 0 bridgehead atoms. The summed E-state index contributed by atoms with van der Waals surface area (Å²) in [4.78, 5) is 10.3. The Kier molecular flexibility index (Phi) is 5.41. The third-order valence-corrected chi connectivity index (χ3v) is 3.62. The summed E-state index contributed by atoms with van der Waals surface area (Å²) in [5.74, 6) is -1.52. The molecule has 0 spiro atoms. The lowest BCUT2D eigenvalue weighted by molar-refractivity contribution is -0.197. The largest absolute Gasteiger partial charge is 0.481 e. The van der Waals surface area contributed by atoms with Crippen LogP contribution in [0.2, 0.25) is 0 Å². The first kappa shape index (κ1) is 15.2. The number of aliphatic carboxylic acids is 1. The van der Waals surface area contributed by atoms with Gasteiger partial charge in [-0.25, -0.2) is 4.39 Å². The van der Waals surface area contributed by atoms with E-state index in [1.165, 1.54) is 0 Å². The molecule has 1 saturated carbocycles. The molecule has 1 rings (SSSR count). The fraction of sp³-hybridized carbons (Fsp3) is 0.917. The highest BCUT2D eigenvalue weighted by Crippen LogP contribution is 2.39. The van der Waals surface area contributed by atoms with Crippen LogP contribution in [0.1, 0.15) is 44.9 Å². The monoisotopic (exact) mass is 270 g/mol. The van der Waals surface area contributed by atoms with Gasteiger partial charge in [0.1, 0.15) is 0 Å². The Hall–Kier alpha value is -0.810. The van der Waals surface area contributed by atoms with Crippen LogP contribution < -0.4 is 0 Å². The summed E-state index contributed by atoms with van der Waals surface area (Å²) in [6.45, 7) is 0. The number of halogens is 4. The zero-order valence-electron chi connectivity index (χ0n) is 10.0. The molecule has 1 fully saturated rings. The van der Waals surface area contributed by atoms with Crippen LogP contribution in [0, 0.1) is 11.8 Å². The van der Waals surface area contributed by atoms with Crippen molar-refractivity contribution in [3.63, 3.8) is 0 Å². The van der Waals surface area contributed by atoms with Gasteiger partial charge in [0, 0.05) is 6.42 Å². The highest BCUT2D eigenvalue weighted by molar-refractivity contribution is 5.66. The van der Waals surface area contributed by atoms with Crippen LogP contribution in [0.5, 0.6) is 0 Å². The van der Waals surface area contributed by atoms with Crippen LogP contribution in [0.3, 0.4) is 0 Å². The van der Waals surface area contributed by atoms with Gasteiger partial charge >= 0.3 is 12.1 Å². The molecular weight excluding hydrogens is 252 g/mol. The standard InChI is InChI=1S/C12H18F4O2/c13-11(12(14,15)16)9-6-4-8(5-7-9)2-1-3-10(17)18/h8-9,11H,1-7H2,(H,17,18). The Morgan fingerprint density at radius 2 is 1.78 bits per heavy atom. The number of hydrogen-bond acceptors (Lipinski definition) is 1. The molecule has 18 heavy (non-hydrogen) atoms. The van der Waals surface area contributed by atoms with Crippen LogP contribution in [0.15, 0.2) is 0 Å². The second kappa shape index (κ2) is 6.38. The van der Waals surface area contributed by atoms with E-state index in [0.717, 1.165) is 0 Å².